The molecule has 0 aliphatic carbocycles. The van der Waals surface area contributed by atoms with E-state index >= 15 is 0 Å². The molecule has 3 rings (SSSR count). The Morgan fingerprint density at radius 3 is 2.75 bits per heavy atom. The van der Waals surface area contributed by atoms with E-state index in [-0.39, 0.29) is 11.6 Å². The summed E-state index contributed by atoms with van der Waals surface area (Å²) in [5, 5.41) is 12.6. The number of fused-ring (bicyclic) bond motifs is 1. The molecule has 0 amide bonds. The van der Waals surface area contributed by atoms with Crippen molar-refractivity contribution in [3.63, 3.8) is 0 Å². The minimum absolute atomic E-state index is 0.103. The van der Waals surface area contributed by atoms with Gasteiger partial charge in [0.05, 0.1) is 6.54 Å². The van der Waals surface area contributed by atoms with Gasteiger partial charge < -0.3 is 14.8 Å². The third kappa shape index (κ3) is 3.31. The summed E-state index contributed by atoms with van der Waals surface area (Å²) >= 11 is 0. The van der Waals surface area contributed by atoms with Crippen molar-refractivity contribution in [1.82, 2.24) is 0 Å². The summed E-state index contributed by atoms with van der Waals surface area (Å²) < 4.78 is 18.8. The number of nitrogens with two attached hydrogens (primary N) is 1. The smallest absolute Gasteiger partial charge is 0.336 e. The highest BCUT2D eigenvalue weighted by Gasteiger charge is 2.11. The quantitative estimate of drug-likeness (QED) is 0.558. The van der Waals surface area contributed by atoms with Crippen molar-refractivity contribution in [1.29, 1.82) is 0 Å². The van der Waals surface area contributed by atoms with Crippen LogP contribution in [0, 0.1) is 12.7 Å². The van der Waals surface area contributed by atoms with Crippen molar-refractivity contribution in [3.8, 4) is 5.75 Å². The van der Waals surface area contributed by atoms with Crippen molar-refractivity contribution >= 4 is 11.0 Å². The SMILES string of the molecule is Cc1c(O)ccc2c(C[NH2+]CCc3ccccc3F)cc(=O)oc12. The van der Waals surface area contributed by atoms with Crippen molar-refractivity contribution in [3.05, 3.63) is 75.4 Å². The van der Waals surface area contributed by atoms with Gasteiger partial charge in [0, 0.05) is 29.0 Å². The fourth-order valence-corrected chi connectivity index (χ4v) is 2.80. The summed E-state index contributed by atoms with van der Waals surface area (Å²) in [6.07, 6.45) is 0.617. The van der Waals surface area contributed by atoms with Crippen molar-refractivity contribution < 1.29 is 19.2 Å². The Hall–Kier alpha value is -2.66. The van der Waals surface area contributed by atoms with E-state index < -0.39 is 5.63 Å². The summed E-state index contributed by atoms with van der Waals surface area (Å²) in [5.41, 5.74) is 2.07. The van der Waals surface area contributed by atoms with E-state index in [1.807, 2.05) is 11.4 Å². The number of phenolic OH excluding ortho intramolecular Hbond substituents is 1. The van der Waals surface area contributed by atoms with Crippen LogP contribution in [0.15, 0.2) is 51.7 Å². The summed E-state index contributed by atoms with van der Waals surface area (Å²) in [6.45, 7) is 3.01. The lowest BCUT2D eigenvalue weighted by atomic mass is 10.1. The second-order valence-electron chi connectivity index (χ2n) is 5.80. The zero-order valence-corrected chi connectivity index (χ0v) is 13.4. The maximum Gasteiger partial charge on any atom is 0.336 e. The topological polar surface area (TPSA) is 67.1 Å². The van der Waals surface area contributed by atoms with Crippen LogP contribution in [0.25, 0.3) is 11.0 Å². The Morgan fingerprint density at radius 2 is 1.96 bits per heavy atom. The first kappa shape index (κ1) is 16.2. The highest BCUT2D eigenvalue weighted by Crippen LogP contribution is 2.26. The van der Waals surface area contributed by atoms with Crippen molar-refractivity contribution in [2.45, 2.75) is 19.9 Å². The highest BCUT2D eigenvalue weighted by molar-refractivity contribution is 5.84. The molecular weight excluding hydrogens is 309 g/mol. The molecule has 5 heteroatoms. The number of rotatable bonds is 5. The fourth-order valence-electron chi connectivity index (χ4n) is 2.80. The predicted octanol–water partition coefficient (Wildman–Crippen LogP) is 2.25. The average Bonchev–Trinajstić information content (AvgIpc) is 2.56. The Bertz CT molecular complexity index is 934. The molecule has 0 spiro atoms. The first-order chi connectivity index (χ1) is 11.6. The molecule has 3 aromatic rings. The van der Waals surface area contributed by atoms with Gasteiger partial charge in [-0.1, -0.05) is 18.2 Å². The summed E-state index contributed by atoms with van der Waals surface area (Å²) in [6, 6.07) is 11.6. The molecule has 124 valence electrons. The number of aromatic hydroxyl groups is 1. The zero-order valence-electron chi connectivity index (χ0n) is 13.4. The van der Waals surface area contributed by atoms with Crippen LogP contribution < -0.4 is 10.9 Å². The van der Waals surface area contributed by atoms with Crippen LogP contribution in [0.3, 0.4) is 0 Å². The third-order valence-corrected chi connectivity index (χ3v) is 4.16. The van der Waals surface area contributed by atoms with E-state index in [0.29, 0.717) is 36.2 Å². The van der Waals surface area contributed by atoms with Crippen LogP contribution in [0.4, 0.5) is 4.39 Å². The Morgan fingerprint density at radius 1 is 1.17 bits per heavy atom. The second kappa shape index (κ2) is 6.84. The Balaban J connectivity index is 1.75. The van der Waals surface area contributed by atoms with Gasteiger partial charge in [-0.25, -0.2) is 9.18 Å². The summed E-state index contributed by atoms with van der Waals surface area (Å²) in [7, 11) is 0. The Labute approximate surface area is 138 Å². The van der Waals surface area contributed by atoms with Crippen molar-refractivity contribution in [2.75, 3.05) is 6.54 Å². The average molecular weight is 328 g/mol. The third-order valence-electron chi connectivity index (χ3n) is 4.16. The molecule has 1 aromatic heterocycles. The molecule has 0 unspecified atom stereocenters. The summed E-state index contributed by atoms with van der Waals surface area (Å²) in [4.78, 5) is 11.8. The monoisotopic (exact) mass is 328 g/mol. The standard InChI is InChI=1S/C19H18FNO3/c1-12-17(22)7-6-15-14(10-18(23)24-19(12)15)11-21-9-8-13-4-2-3-5-16(13)20/h2-7,10,21-22H,8-9,11H2,1H3/p+1. The molecular formula is C19H19FNO3+. The zero-order chi connectivity index (χ0) is 17.1. The van der Waals surface area contributed by atoms with Gasteiger partial charge in [0.15, 0.2) is 0 Å². The molecule has 24 heavy (non-hydrogen) atoms. The maximum atomic E-state index is 13.6. The molecule has 4 nitrogen and oxygen atoms in total. The van der Waals surface area contributed by atoms with E-state index in [0.717, 1.165) is 10.9 Å². The molecule has 0 saturated carbocycles. The lowest BCUT2D eigenvalue weighted by Crippen LogP contribution is -2.83. The van der Waals surface area contributed by atoms with Gasteiger partial charge in [0.25, 0.3) is 0 Å². The fraction of sp³-hybridized carbons (Fsp3) is 0.211. The molecule has 3 N–H and O–H groups in total. The number of aryl methyl sites for hydroxylation is 1. The number of hydrogen-bond donors (Lipinski definition) is 2. The molecule has 1 heterocycles. The lowest BCUT2D eigenvalue weighted by Gasteiger charge is -2.08. The highest BCUT2D eigenvalue weighted by atomic mass is 19.1. The second-order valence-corrected chi connectivity index (χ2v) is 5.80. The van der Waals surface area contributed by atoms with Crippen molar-refractivity contribution in [2.24, 2.45) is 0 Å². The van der Waals surface area contributed by atoms with E-state index in [1.165, 1.54) is 12.1 Å². The van der Waals surface area contributed by atoms with Crippen LogP contribution >= 0.6 is 0 Å². The molecule has 0 saturated heterocycles. The maximum absolute atomic E-state index is 13.6. The van der Waals surface area contributed by atoms with Crippen LogP contribution in [-0.4, -0.2) is 11.7 Å². The van der Waals surface area contributed by atoms with Gasteiger partial charge in [0.1, 0.15) is 23.7 Å². The number of benzene rings is 2. The predicted molar refractivity (Wildman–Crippen MR) is 89.5 cm³/mol. The van der Waals surface area contributed by atoms with Gasteiger partial charge >= 0.3 is 5.63 Å². The minimum atomic E-state index is -0.436. The van der Waals surface area contributed by atoms with Gasteiger partial charge in [-0.2, -0.15) is 0 Å². The van der Waals surface area contributed by atoms with Crippen LogP contribution in [-0.2, 0) is 13.0 Å². The van der Waals surface area contributed by atoms with E-state index in [9.17, 15) is 14.3 Å². The molecule has 0 aliphatic rings. The number of phenols is 1. The van der Waals surface area contributed by atoms with Gasteiger partial charge in [-0.05, 0) is 30.7 Å². The molecule has 0 atom stereocenters. The van der Waals surface area contributed by atoms with E-state index in [4.69, 9.17) is 4.42 Å². The number of halogens is 1. The van der Waals surface area contributed by atoms with E-state index in [1.54, 1.807) is 31.2 Å². The first-order valence-electron chi connectivity index (χ1n) is 7.86. The molecule has 0 radical (unpaired) electrons. The van der Waals surface area contributed by atoms with Gasteiger partial charge in [0.2, 0.25) is 0 Å². The first-order valence-corrected chi connectivity index (χ1v) is 7.86. The lowest BCUT2D eigenvalue weighted by molar-refractivity contribution is -0.670. The van der Waals surface area contributed by atoms with Crippen LogP contribution in [0.1, 0.15) is 16.7 Å². The minimum Gasteiger partial charge on any atom is -0.508 e. The van der Waals surface area contributed by atoms with E-state index in [2.05, 4.69) is 0 Å². The largest absolute Gasteiger partial charge is 0.508 e. The normalized spacial score (nSPS) is 11.1. The Kier molecular flexibility index (Phi) is 4.62. The molecule has 0 aliphatic heterocycles. The number of quaternary nitrogens is 1. The van der Waals surface area contributed by atoms with Crippen LogP contribution in [0.5, 0.6) is 5.75 Å². The molecule has 0 bridgehead atoms. The van der Waals surface area contributed by atoms with Gasteiger partial charge in [-0.15, -0.1) is 0 Å². The molecule has 2 aromatic carbocycles. The molecule has 0 fully saturated rings. The van der Waals surface area contributed by atoms with Gasteiger partial charge in [-0.3, -0.25) is 0 Å². The summed E-state index contributed by atoms with van der Waals surface area (Å²) in [5.74, 6) is -0.0888. The number of hydrogen-bond acceptors (Lipinski definition) is 3. The van der Waals surface area contributed by atoms with Crippen LogP contribution in [0.2, 0.25) is 0 Å².